The standard InChI is InChI=1S/C14H10N3O.Y/c1-17-13-11(8-15-9-16-13)7-12(14(17)18)10-5-3-2-4-6-10;/h2-8H,1H3;/q-1;. The summed E-state index contributed by atoms with van der Waals surface area (Å²) in [6.45, 7) is 0. The minimum atomic E-state index is -0.0687. The molecular weight excluding hydrogens is 315 g/mol. The van der Waals surface area contributed by atoms with Crippen LogP contribution in [0, 0.1) is 6.33 Å². The molecule has 0 aliphatic rings. The van der Waals surface area contributed by atoms with E-state index < -0.39 is 0 Å². The Morgan fingerprint density at radius 3 is 2.68 bits per heavy atom. The summed E-state index contributed by atoms with van der Waals surface area (Å²) in [4.78, 5) is 20.1. The molecule has 0 saturated carbocycles. The maximum atomic E-state index is 12.3. The Bertz CT molecular complexity index is 768. The number of hydrogen-bond acceptors (Lipinski definition) is 3. The zero-order valence-electron chi connectivity index (χ0n) is 10.4. The van der Waals surface area contributed by atoms with Gasteiger partial charge in [0.25, 0.3) is 0 Å². The monoisotopic (exact) mass is 325 g/mol. The van der Waals surface area contributed by atoms with E-state index in [1.165, 1.54) is 4.57 Å². The van der Waals surface area contributed by atoms with Crippen molar-refractivity contribution < 1.29 is 32.7 Å². The average Bonchev–Trinajstić information content (AvgIpc) is 2.44. The summed E-state index contributed by atoms with van der Waals surface area (Å²) in [5, 5.41) is 0.828. The smallest absolute Gasteiger partial charge is 0.248 e. The van der Waals surface area contributed by atoms with E-state index in [4.69, 9.17) is 0 Å². The molecule has 0 saturated heterocycles. The quantitative estimate of drug-likeness (QED) is 0.641. The van der Waals surface area contributed by atoms with Crippen LogP contribution in [0.5, 0.6) is 0 Å². The van der Waals surface area contributed by atoms with Gasteiger partial charge in [0.15, 0.2) is 0 Å². The number of hydrogen-bond donors (Lipinski definition) is 0. The van der Waals surface area contributed by atoms with E-state index in [2.05, 4.69) is 16.3 Å². The van der Waals surface area contributed by atoms with E-state index in [1.807, 2.05) is 36.4 Å². The zero-order valence-corrected chi connectivity index (χ0v) is 13.2. The minimum absolute atomic E-state index is 0. The van der Waals surface area contributed by atoms with Crippen molar-refractivity contribution in [2.45, 2.75) is 0 Å². The van der Waals surface area contributed by atoms with Gasteiger partial charge in [0.2, 0.25) is 5.56 Å². The van der Waals surface area contributed by atoms with Gasteiger partial charge in [-0.2, -0.15) is 0 Å². The molecule has 0 unspecified atom stereocenters. The van der Waals surface area contributed by atoms with Crippen molar-refractivity contribution in [3.8, 4) is 11.1 Å². The van der Waals surface area contributed by atoms with Crippen LogP contribution in [0.25, 0.3) is 22.2 Å². The number of rotatable bonds is 1. The Balaban J connectivity index is 0.00000133. The molecule has 0 aliphatic carbocycles. The molecule has 0 aliphatic heterocycles. The summed E-state index contributed by atoms with van der Waals surface area (Å²) in [6.07, 6.45) is 4.16. The molecule has 2 aromatic heterocycles. The van der Waals surface area contributed by atoms with Crippen molar-refractivity contribution in [1.29, 1.82) is 0 Å². The van der Waals surface area contributed by atoms with Crippen molar-refractivity contribution in [2.24, 2.45) is 7.05 Å². The van der Waals surface area contributed by atoms with Gasteiger partial charge in [0.1, 0.15) is 0 Å². The predicted octanol–water partition coefficient (Wildman–Crippen LogP) is 1.79. The van der Waals surface area contributed by atoms with E-state index in [1.54, 1.807) is 13.2 Å². The number of aryl methyl sites for hydroxylation is 1. The van der Waals surface area contributed by atoms with Crippen LogP contribution >= 0.6 is 0 Å². The van der Waals surface area contributed by atoms with Crippen molar-refractivity contribution in [3.63, 3.8) is 0 Å². The fourth-order valence-electron chi connectivity index (χ4n) is 1.99. The molecule has 0 atom stereocenters. The molecule has 5 heteroatoms. The zero-order chi connectivity index (χ0) is 12.5. The summed E-state index contributed by atoms with van der Waals surface area (Å²) in [6, 6.07) is 11.4. The van der Waals surface area contributed by atoms with Gasteiger partial charge in [-0.15, -0.1) is 0 Å². The van der Waals surface area contributed by atoms with Crippen molar-refractivity contribution in [1.82, 2.24) is 14.5 Å². The first-order valence-electron chi connectivity index (χ1n) is 5.55. The molecule has 0 N–H and O–H groups in total. The molecule has 0 amide bonds. The van der Waals surface area contributed by atoms with Crippen LogP contribution in [-0.2, 0) is 39.8 Å². The van der Waals surface area contributed by atoms with Gasteiger partial charge in [-0.05, 0) is 5.56 Å². The maximum absolute atomic E-state index is 12.3. The largest absolute Gasteiger partial charge is 0.373 e. The molecule has 19 heavy (non-hydrogen) atoms. The van der Waals surface area contributed by atoms with Gasteiger partial charge in [-0.3, -0.25) is 4.79 Å². The SMILES string of the molecule is Cn1c(=O)c(-c2ccccc2)cc2cn[c-]nc21.[Y]. The normalized spacial score (nSPS) is 10.2. The summed E-state index contributed by atoms with van der Waals surface area (Å²) < 4.78 is 1.52. The van der Waals surface area contributed by atoms with E-state index in [9.17, 15) is 4.79 Å². The topological polar surface area (TPSA) is 47.8 Å². The van der Waals surface area contributed by atoms with Crippen molar-refractivity contribution >= 4 is 11.0 Å². The molecule has 2 heterocycles. The first-order chi connectivity index (χ1) is 8.77. The second-order valence-corrected chi connectivity index (χ2v) is 4.04. The third-order valence-electron chi connectivity index (χ3n) is 2.91. The molecule has 0 fully saturated rings. The Labute approximate surface area is 135 Å². The molecular formula is C14H10N3OY-. The maximum Gasteiger partial charge on any atom is 0.248 e. The van der Waals surface area contributed by atoms with E-state index in [0.717, 1.165) is 10.9 Å². The molecule has 3 aromatic rings. The van der Waals surface area contributed by atoms with Crippen LogP contribution in [0.3, 0.4) is 0 Å². The Morgan fingerprint density at radius 1 is 1.21 bits per heavy atom. The van der Waals surface area contributed by atoms with E-state index in [0.29, 0.717) is 11.2 Å². The second-order valence-electron chi connectivity index (χ2n) is 4.04. The third-order valence-corrected chi connectivity index (χ3v) is 2.91. The summed E-state index contributed by atoms with van der Waals surface area (Å²) >= 11 is 0. The van der Waals surface area contributed by atoms with Gasteiger partial charge >= 0.3 is 0 Å². The number of nitrogens with zero attached hydrogens (tertiary/aromatic N) is 3. The first kappa shape index (κ1) is 14.0. The molecule has 0 spiro atoms. The van der Waals surface area contributed by atoms with Crippen molar-refractivity contribution in [3.05, 3.63) is 59.3 Å². The van der Waals surface area contributed by atoms with Gasteiger partial charge in [-0.25, -0.2) is 0 Å². The molecule has 3 rings (SSSR count). The van der Waals surface area contributed by atoms with E-state index >= 15 is 0 Å². The number of aromatic nitrogens is 3. The van der Waals surface area contributed by atoms with Crippen LogP contribution in [0.2, 0.25) is 0 Å². The van der Waals surface area contributed by atoms with Gasteiger partial charge < -0.3 is 14.5 Å². The van der Waals surface area contributed by atoms with Crippen LogP contribution in [0.15, 0.2) is 47.4 Å². The Hall–Kier alpha value is -1.39. The summed E-state index contributed by atoms with van der Waals surface area (Å²) in [7, 11) is 1.71. The summed E-state index contributed by atoms with van der Waals surface area (Å²) in [5.74, 6) is 0. The molecule has 1 aromatic carbocycles. The number of pyridine rings is 1. The van der Waals surface area contributed by atoms with Gasteiger partial charge in [0, 0.05) is 57.3 Å². The molecule has 0 bridgehead atoms. The van der Waals surface area contributed by atoms with Crippen molar-refractivity contribution in [2.75, 3.05) is 0 Å². The second kappa shape index (κ2) is 5.72. The summed E-state index contributed by atoms with van der Waals surface area (Å²) in [5.41, 5.74) is 2.07. The number of fused-ring (bicyclic) bond motifs is 1. The first-order valence-corrected chi connectivity index (χ1v) is 5.55. The van der Waals surface area contributed by atoms with Crippen LogP contribution in [0.1, 0.15) is 0 Å². The fraction of sp³-hybridized carbons (Fsp3) is 0.0714. The molecule has 1 radical (unpaired) electrons. The predicted molar refractivity (Wildman–Crippen MR) is 69.1 cm³/mol. The van der Waals surface area contributed by atoms with Gasteiger partial charge in [-0.1, -0.05) is 48.0 Å². The van der Waals surface area contributed by atoms with Gasteiger partial charge in [0.05, 0.1) is 0 Å². The van der Waals surface area contributed by atoms with E-state index in [-0.39, 0.29) is 38.3 Å². The van der Waals surface area contributed by atoms with Crippen LogP contribution < -0.4 is 5.56 Å². The molecule has 91 valence electrons. The third kappa shape index (κ3) is 2.51. The fourth-order valence-corrected chi connectivity index (χ4v) is 1.99. The van der Waals surface area contributed by atoms with Crippen LogP contribution in [0.4, 0.5) is 0 Å². The Kier molecular flexibility index (Phi) is 4.22. The minimum Gasteiger partial charge on any atom is -0.373 e. The Morgan fingerprint density at radius 2 is 1.95 bits per heavy atom. The number of benzene rings is 1. The average molecular weight is 325 g/mol. The molecule has 4 nitrogen and oxygen atoms in total. The van der Waals surface area contributed by atoms with Crippen LogP contribution in [-0.4, -0.2) is 14.5 Å².